The Morgan fingerprint density at radius 1 is 1.15 bits per heavy atom. The number of tetrazole rings is 1. The van der Waals surface area contributed by atoms with Crippen LogP contribution in [0.15, 0.2) is 42.5 Å². The van der Waals surface area contributed by atoms with Gasteiger partial charge in [0.25, 0.3) is 0 Å². The second-order valence-electron chi connectivity index (χ2n) is 7.28. The summed E-state index contributed by atoms with van der Waals surface area (Å²) < 4.78 is 95.1. The monoisotopic (exact) mass is 474 g/mol. The molecule has 176 valence electrons. The van der Waals surface area contributed by atoms with E-state index in [9.17, 15) is 26.3 Å². The molecule has 13 heteroatoms. The predicted octanol–water partition coefficient (Wildman–Crippen LogP) is 3.91. The number of hydrogen-bond donors (Lipinski definition) is 0. The third-order valence-corrected chi connectivity index (χ3v) is 5.05. The first-order valence-corrected chi connectivity index (χ1v) is 9.56. The fourth-order valence-corrected chi connectivity index (χ4v) is 3.11. The SMILES string of the molecule is C[C@@H](Oc1nnnn1-c1ccc(OCC(F)(F)C(F)F)cc1)[C@@]1(c2ccc(F)cc2F)CO1. The topological polar surface area (TPSA) is 74.6 Å². The second kappa shape index (κ2) is 8.54. The molecule has 1 aromatic heterocycles. The van der Waals surface area contributed by atoms with Crippen molar-refractivity contribution in [2.75, 3.05) is 13.2 Å². The van der Waals surface area contributed by atoms with Crippen molar-refractivity contribution in [3.05, 3.63) is 59.7 Å². The van der Waals surface area contributed by atoms with Crippen molar-refractivity contribution in [3.8, 4) is 17.4 Å². The maximum Gasteiger partial charge on any atom is 0.340 e. The summed E-state index contributed by atoms with van der Waals surface area (Å²) >= 11 is 0. The number of hydrogen-bond acceptors (Lipinski definition) is 6. The van der Waals surface area contributed by atoms with Crippen molar-refractivity contribution in [1.29, 1.82) is 0 Å². The lowest BCUT2D eigenvalue weighted by Crippen LogP contribution is -2.33. The molecule has 0 aliphatic carbocycles. The highest BCUT2D eigenvalue weighted by molar-refractivity contribution is 5.38. The molecule has 1 saturated heterocycles. The van der Waals surface area contributed by atoms with E-state index in [0.717, 1.165) is 12.1 Å². The molecule has 2 atom stereocenters. The number of ether oxygens (including phenoxy) is 3. The van der Waals surface area contributed by atoms with Crippen LogP contribution in [0.5, 0.6) is 11.8 Å². The molecule has 2 heterocycles. The highest BCUT2D eigenvalue weighted by Crippen LogP contribution is 2.44. The molecule has 0 saturated carbocycles. The molecule has 0 radical (unpaired) electrons. The van der Waals surface area contributed by atoms with Gasteiger partial charge in [-0.3, -0.25) is 0 Å². The van der Waals surface area contributed by atoms with Crippen molar-refractivity contribution in [2.24, 2.45) is 0 Å². The fraction of sp³-hybridized carbons (Fsp3) is 0.350. The van der Waals surface area contributed by atoms with Crippen molar-refractivity contribution in [2.45, 2.75) is 31.0 Å². The van der Waals surface area contributed by atoms with E-state index < -0.39 is 42.3 Å². The van der Waals surface area contributed by atoms with Crippen LogP contribution in [0, 0.1) is 11.6 Å². The molecule has 1 fully saturated rings. The van der Waals surface area contributed by atoms with Gasteiger partial charge in [-0.15, -0.1) is 0 Å². The number of halogens is 6. The van der Waals surface area contributed by atoms with Gasteiger partial charge >= 0.3 is 18.4 Å². The minimum Gasteiger partial charge on any atom is -0.487 e. The lowest BCUT2D eigenvalue weighted by atomic mass is 9.94. The fourth-order valence-electron chi connectivity index (χ4n) is 3.11. The molecular weight excluding hydrogens is 458 g/mol. The van der Waals surface area contributed by atoms with Crippen LogP contribution in [-0.4, -0.2) is 51.9 Å². The molecule has 0 bridgehead atoms. The van der Waals surface area contributed by atoms with Gasteiger partial charge < -0.3 is 14.2 Å². The quantitative estimate of drug-likeness (QED) is 0.346. The van der Waals surface area contributed by atoms with Gasteiger partial charge in [-0.2, -0.15) is 13.5 Å². The minimum atomic E-state index is -4.28. The van der Waals surface area contributed by atoms with Crippen molar-refractivity contribution in [3.63, 3.8) is 0 Å². The Labute approximate surface area is 182 Å². The average molecular weight is 474 g/mol. The highest BCUT2D eigenvalue weighted by atomic mass is 19.3. The summed E-state index contributed by atoms with van der Waals surface area (Å²) in [6, 6.07) is 8.38. The molecule has 2 aromatic carbocycles. The van der Waals surface area contributed by atoms with E-state index in [-0.39, 0.29) is 23.9 Å². The van der Waals surface area contributed by atoms with Crippen LogP contribution >= 0.6 is 0 Å². The van der Waals surface area contributed by atoms with Crippen molar-refractivity contribution >= 4 is 0 Å². The first-order valence-electron chi connectivity index (χ1n) is 9.56. The summed E-state index contributed by atoms with van der Waals surface area (Å²) in [5, 5.41) is 11.1. The van der Waals surface area contributed by atoms with Crippen LogP contribution < -0.4 is 9.47 Å². The normalized spacial score (nSPS) is 18.9. The Morgan fingerprint density at radius 2 is 1.85 bits per heavy atom. The van der Waals surface area contributed by atoms with E-state index in [2.05, 4.69) is 15.5 Å². The van der Waals surface area contributed by atoms with Crippen LogP contribution in [-0.2, 0) is 10.3 Å². The molecule has 1 aliphatic heterocycles. The number of aromatic nitrogens is 4. The zero-order valence-electron chi connectivity index (χ0n) is 16.9. The van der Waals surface area contributed by atoms with Crippen LogP contribution in [0.3, 0.4) is 0 Å². The van der Waals surface area contributed by atoms with E-state index in [1.165, 1.54) is 35.0 Å². The van der Waals surface area contributed by atoms with Crippen LogP contribution in [0.4, 0.5) is 26.3 Å². The second-order valence-corrected chi connectivity index (χ2v) is 7.28. The van der Waals surface area contributed by atoms with Gasteiger partial charge in [0.1, 0.15) is 23.5 Å². The summed E-state index contributed by atoms with van der Waals surface area (Å²) in [6.07, 6.45) is -4.62. The first-order chi connectivity index (χ1) is 15.6. The lowest BCUT2D eigenvalue weighted by Gasteiger charge is -2.21. The van der Waals surface area contributed by atoms with Gasteiger partial charge in [-0.25, -0.2) is 17.6 Å². The van der Waals surface area contributed by atoms with E-state index in [1.807, 2.05) is 0 Å². The molecule has 0 amide bonds. The van der Waals surface area contributed by atoms with E-state index in [4.69, 9.17) is 14.2 Å². The Kier molecular flexibility index (Phi) is 5.91. The minimum absolute atomic E-state index is 0.0693. The predicted molar refractivity (Wildman–Crippen MR) is 99.7 cm³/mol. The smallest absolute Gasteiger partial charge is 0.340 e. The van der Waals surface area contributed by atoms with Crippen LogP contribution in [0.2, 0.25) is 0 Å². The van der Waals surface area contributed by atoms with Gasteiger partial charge in [-0.05, 0) is 47.7 Å². The Balaban J connectivity index is 1.47. The largest absolute Gasteiger partial charge is 0.487 e. The third kappa shape index (κ3) is 4.58. The maximum absolute atomic E-state index is 14.3. The number of epoxide rings is 1. The average Bonchev–Trinajstić information content (AvgIpc) is 3.45. The maximum atomic E-state index is 14.3. The van der Waals surface area contributed by atoms with E-state index >= 15 is 0 Å². The Hall–Kier alpha value is -3.35. The van der Waals surface area contributed by atoms with Crippen molar-refractivity contribution < 1.29 is 40.6 Å². The molecule has 3 aromatic rings. The number of nitrogens with zero attached hydrogens (tertiary/aromatic N) is 4. The van der Waals surface area contributed by atoms with Gasteiger partial charge in [0.05, 0.1) is 12.3 Å². The molecule has 0 unspecified atom stereocenters. The summed E-state index contributed by atoms with van der Waals surface area (Å²) in [5.74, 6) is -5.86. The van der Waals surface area contributed by atoms with Gasteiger partial charge in [0.15, 0.2) is 12.2 Å². The summed E-state index contributed by atoms with van der Waals surface area (Å²) in [5.41, 5.74) is -0.686. The van der Waals surface area contributed by atoms with Gasteiger partial charge in [0, 0.05) is 11.6 Å². The highest BCUT2D eigenvalue weighted by Gasteiger charge is 2.55. The number of benzene rings is 2. The van der Waals surface area contributed by atoms with Gasteiger partial charge in [-0.1, -0.05) is 11.2 Å². The lowest BCUT2D eigenvalue weighted by molar-refractivity contribution is -0.148. The molecule has 7 nitrogen and oxygen atoms in total. The molecule has 0 spiro atoms. The van der Waals surface area contributed by atoms with Crippen molar-refractivity contribution in [1.82, 2.24) is 20.2 Å². The molecule has 1 aliphatic rings. The van der Waals surface area contributed by atoms with Crippen LogP contribution in [0.1, 0.15) is 12.5 Å². The molecule has 0 N–H and O–H groups in total. The third-order valence-electron chi connectivity index (χ3n) is 5.05. The Bertz CT molecular complexity index is 1120. The van der Waals surface area contributed by atoms with Gasteiger partial charge in [0.2, 0.25) is 0 Å². The zero-order valence-corrected chi connectivity index (χ0v) is 16.9. The molecule has 4 rings (SSSR count). The summed E-state index contributed by atoms with van der Waals surface area (Å²) in [4.78, 5) is 0. The summed E-state index contributed by atoms with van der Waals surface area (Å²) in [6.45, 7) is 0.255. The molecule has 33 heavy (non-hydrogen) atoms. The Morgan fingerprint density at radius 3 is 2.45 bits per heavy atom. The number of rotatable bonds is 9. The standard InChI is InChI=1S/C20H16F6N4O3/c1-11(19(9-32-19)15-7-2-12(21)8-16(15)22)33-18-27-28-29-30(18)13-3-5-14(6-4-13)31-10-20(25,26)17(23)24/h2-8,11,17H,9-10H2,1H3/t11-,19-/m1/s1. The first kappa shape index (κ1) is 22.8. The van der Waals surface area contributed by atoms with E-state index in [1.54, 1.807) is 6.92 Å². The molecular formula is C20H16F6N4O3. The number of alkyl halides is 4. The van der Waals surface area contributed by atoms with Crippen LogP contribution in [0.25, 0.3) is 5.69 Å². The van der Waals surface area contributed by atoms with E-state index in [0.29, 0.717) is 5.69 Å². The zero-order chi connectivity index (χ0) is 23.8. The summed E-state index contributed by atoms with van der Waals surface area (Å²) in [7, 11) is 0.